The van der Waals surface area contributed by atoms with Gasteiger partial charge in [0.05, 0.1) is 12.6 Å². The van der Waals surface area contributed by atoms with E-state index < -0.39 is 0 Å². The molecule has 0 aliphatic carbocycles. The zero-order valence-electron chi connectivity index (χ0n) is 10.2. The third kappa shape index (κ3) is 2.25. The Morgan fingerprint density at radius 1 is 1.59 bits per heavy atom. The lowest BCUT2D eigenvalue weighted by Gasteiger charge is -2.14. The Kier molecular flexibility index (Phi) is 3.30. The average molecular weight is 232 g/mol. The SMILES string of the molecule is Cc1cn(CC2CCCO2)c(=O)c(C#N)c1C. The number of ether oxygens (including phenoxy) is 1. The Balaban J connectivity index is 2.38. The number of hydrogen-bond acceptors (Lipinski definition) is 3. The smallest absolute Gasteiger partial charge is 0.268 e. The van der Waals surface area contributed by atoms with E-state index in [0.29, 0.717) is 6.54 Å². The first-order valence-corrected chi connectivity index (χ1v) is 5.86. The standard InChI is InChI=1S/C13H16N2O2/c1-9-7-15(8-11-4-3-5-17-11)13(16)12(6-14)10(9)2/h7,11H,3-5,8H2,1-2H3. The summed E-state index contributed by atoms with van der Waals surface area (Å²) in [6, 6.07) is 2.00. The molecule has 1 atom stereocenters. The number of aryl methyl sites for hydroxylation is 1. The van der Waals surface area contributed by atoms with E-state index in [-0.39, 0.29) is 17.2 Å². The van der Waals surface area contributed by atoms with Crippen LogP contribution in [0.25, 0.3) is 0 Å². The van der Waals surface area contributed by atoms with Gasteiger partial charge in [-0.3, -0.25) is 4.79 Å². The molecule has 2 rings (SSSR count). The summed E-state index contributed by atoms with van der Waals surface area (Å²) in [5, 5.41) is 9.01. The Labute approximate surface area is 100 Å². The Morgan fingerprint density at radius 2 is 2.35 bits per heavy atom. The first-order chi connectivity index (χ1) is 8.13. The van der Waals surface area contributed by atoms with Crippen molar-refractivity contribution < 1.29 is 4.74 Å². The van der Waals surface area contributed by atoms with Gasteiger partial charge in [-0.1, -0.05) is 0 Å². The summed E-state index contributed by atoms with van der Waals surface area (Å²) in [4.78, 5) is 12.0. The molecule has 1 aromatic heterocycles. The first-order valence-electron chi connectivity index (χ1n) is 5.86. The zero-order valence-corrected chi connectivity index (χ0v) is 10.2. The van der Waals surface area contributed by atoms with Crippen LogP contribution in [0.4, 0.5) is 0 Å². The van der Waals surface area contributed by atoms with Gasteiger partial charge < -0.3 is 9.30 Å². The maximum Gasteiger partial charge on any atom is 0.268 e. The molecule has 90 valence electrons. The molecule has 1 saturated heterocycles. The van der Waals surface area contributed by atoms with Gasteiger partial charge >= 0.3 is 0 Å². The highest BCUT2D eigenvalue weighted by Crippen LogP contribution is 2.14. The van der Waals surface area contributed by atoms with Gasteiger partial charge in [0.15, 0.2) is 0 Å². The molecule has 1 fully saturated rings. The fraction of sp³-hybridized carbons (Fsp3) is 0.538. The molecule has 1 unspecified atom stereocenters. The highest BCUT2D eigenvalue weighted by atomic mass is 16.5. The molecule has 0 amide bonds. The minimum atomic E-state index is -0.203. The fourth-order valence-corrected chi connectivity index (χ4v) is 2.17. The number of pyridine rings is 1. The molecule has 0 aromatic carbocycles. The lowest BCUT2D eigenvalue weighted by Crippen LogP contribution is -2.28. The minimum absolute atomic E-state index is 0.112. The second-order valence-corrected chi connectivity index (χ2v) is 4.52. The molecule has 0 spiro atoms. The largest absolute Gasteiger partial charge is 0.376 e. The van der Waals surface area contributed by atoms with Crippen molar-refractivity contribution in [1.82, 2.24) is 4.57 Å². The number of nitrogens with zero attached hydrogens (tertiary/aromatic N) is 2. The molecule has 17 heavy (non-hydrogen) atoms. The van der Waals surface area contributed by atoms with Crippen molar-refractivity contribution in [1.29, 1.82) is 5.26 Å². The molecular weight excluding hydrogens is 216 g/mol. The summed E-state index contributed by atoms with van der Waals surface area (Å²) in [7, 11) is 0. The Bertz CT molecular complexity index is 519. The van der Waals surface area contributed by atoms with E-state index in [1.54, 1.807) is 4.57 Å². The third-order valence-electron chi connectivity index (χ3n) is 3.33. The molecule has 4 heteroatoms. The maximum atomic E-state index is 12.0. The van der Waals surface area contributed by atoms with Crippen molar-refractivity contribution in [3.63, 3.8) is 0 Å². The molecule has 1 aliphatic rings. The lowest BCUT2D eigenvalue weighted by atomic mass is 10.1. The summed E-state index contributed by atoms with van der Waals surface area (Å²) >= 11 is 0. The van der Waals surface area contributed by atoms with Crippen molar-refractivity contribution in [2.24, 2.45) is 0 Å². The molecule has 1 aromatic rings. The van der Waals surface area contributed by atoms with E-state index >= 15 is 0 Å². The van der Waals surface area contributed by atoms with Gasteiger partial charge in [0.25, 0.3) is 5.56 Å². The van der Waals surface area contributed by atoms with Crippen LogP contribution in [0.5, 0.6) is 0 Å². The van der Waals surface area contributed by atoms with Gasteiger partial charge in [-0.2, -0.15) is 5.26 Å². The van der Waals surface area contributed by atoms with Crippen LogP contribution >= 0.6 is 0 Å². The highest BCUT2D eigenvalue weighted by Gasteiger charge is 2.18. The van der Waals surface area contributed by atoms with E-state index in [2.05, 4.69) is 0 Å². The summed E-state index contributed by atoms with van der Waals surface area (Å²) in [6.45, 7) is 5.05. The van der Waals surface area contributed by atoms with Gasteiger partial charge in [0, 0.05) is 12.8 Å². The second kappa shape index (κ2) is 4.72. The average Bonchev–Trinajstić information content (AvgIpc) is 2.79. The van der Waals surface area contributed by atoms with Crippen LogP contribution in [-0.4, -0.2) is 17.3 Å². The summed E-state index contributed by atoms with van der Waals surface area (Å²) in [5.74, 6) is 0. The van der Waals surface area contributed by atoms with Crippen molar-refractivity contribution in [2.75, 3.05) is 6.61 Å². The fourth-order valence-electron chi connectivity index (χ4n) is 2.17. The van der Waals surface area contributed by atoms with Crippen LogP contribution in [0, 0.1) is 25.2 Å². The van der Waals surface area contributed by atoms with Crippen LogP contribution < -0.4 is 5.56 Å². The van der Waals surface area contributed by atoms with E-state index in [0.717, 1.165) is 30.6 Å². The predicted molar refractivity (Wildman–Crippen MR) is 63.9 cm³/mol. The van der Waals surface area contributed by atoms with Gasteiger partial charge in [-0.15, -0.1) is 0 Å². The second-order valence-electron chi connectivity index (χ2n) is 4.52. The highest BCUT2D eigenvalue weighted by molar-refractivity contribution is 5.38. The van der Waals surface area contributed by atoms with Crippen molar-refractivity contribution in [3.05, 3.63) is 33.2 Å². The van der Waals surface area contributed by atoms with E-state index in [1.807, 2.05) is 26.1 Å². The van der Waals surface area contributed by atoms with Gasteiger partial charge in [-0.25, -0.2) is 0 Å². The molecule has 2 heterocycles. The molecule has 0 N–H and O–H groups in total. The van der Waals surface area contributed by atoms with Crippen LogP contribution in [0.15, 0.2) is 11.0 Å². The molecule has 0 saturated carbocycles. The van der Waals surface area contributed by atoms with Crippen molar-refractivity contribution in [3.8, 4) is 6.07 Å². The molecule has 1 aliphatic heterocycles. The quantitative estimate of drug-likeness (QED) is 0.776. The van der Waals surface area contributed by atoms with Gasteiger partial charge in [0.1, 0.15) is 11.6 Å². The molecular formula is C13H16N2O2. The lowest BCUT2D eigenvalue weighted by molar-refractivity contribution is 0.0961. The summed E-state index contributed by atoms with van der Waals surface area (Å²) < 4.78 is 7.12. The molecule has 4 nitrogen and oxygen atoms in total. The topological polar surface area (TPSA) is 55.0 Å². The van der Waals surface area contributed by atoms with Crippen molar-refractivity contribution >= 4 is 0 Å². The van der Waals surface area contributed by atoms with Crippen LogP contribution in [0.2, 0.25) is 0 Å². The molecule has 0 bridgehead atoms. The third-order valence-corrected chi connectivity index (χ3v) is 3.33. The number of hydrogen-bond donors (Lipinski definition) is 0. The number of nitriles is 1. The van der Waals surface area contributed by atoms with Crippen LogP contribution in [0.1, 0.15) is 29.5 Å². The summed E-state index contributed by atoms with van der Waals surface area (Å²) in [6.07, 6.45) is 3.97. The van der Waals surface area contributed by atoms with Crippen LogP contribution in [-0.2, 0) is 11.3 Å². The van der Waals surface area contributed by atoms with Gasteiger partial charge in [0.2, 0.25) is 0 Å². The summed E-state index contributed by atoms with van der Waals surface area (Å²) in [5.41, 5.74) is 1.80. The Hall–Kier alpha value is -1.60. The van der Waals surface area contributed by atoms with E-state index in [9.17, 15) is 4.79 Å². The minimum Gasteiger partial charge on any atom is -0.376 e. The normalized spacial score (nSPS) is 19.2. The maximum absolute atomic E-state index is 12.0. The van der Waals surface area contributed by atoms with E-state index in [1.165, 1.54) is 0 Å². The van der Waals surface area contributed by atoms with Gasteiger partial charge in [-0.05, 0) is 37.8 Å². The Morgan fingerprint density at radius 3 is 2.94 bits per heavy atom. The monoisotopic (exact) mass is 232 g/mol. The zero-order chi connectivity index (χ0) is 12.4. The first kappa shape index (κ1) is 11.9. The number of aromatic nitrogens is 1. The predicted octanol–water partition coefficient (Wildman–Crippen LogP) is 1.52. The van der Waals surface area contributed by atoms with Crippen LogP contribution in [0.3, 0.4) is 0 Å². The van der Waals surface area contributed by atoms with E-state index in [4.69, 9.17) is 10.00 Å². The van der Waals surface area contributed by atoms with Crippen molar-refractivity contribution in [2.45, 2.75) is 39.3 Å². The molecule has 0 radical (unpaired) electrons. The number of rotatable bonds is 2.